The van der Waals surface area contributed by atoms with Crippen LogP contribution >= 0.6 is 11.8 Å². The molecule has 0 saturated carbocycles. The Bertz CT molecular complexity index is 213. The normalized spacial score (nSPS) is 22.0. The van der Waals surface area contributed by atoms with Gasteiger partial charge in [0, 0.05) is 11.6 Å². The molecule has 0 aromatic carbocycles. The molecule has 0 aromatic heterocycles. The molecule has 68 valence electrons. The summed E-state index contributed by atoms with van der Waals surface area (Å²) in [5.74, 6) is 0.136. The molecule has 4 heteroatoms. The molecule has 1 aliphatic rings. The van der Waals surface area contributed by atoms with E-state index in [0.717, 1.165) is 5.70 Å². The summed E-state index contributed by atoms with van der Waals surface area (Å²) in [5, 5.41) is 8.01. The maximum Gasteiger partial charge on any atom is 0.224 e. The predicted molar refractivity (Wildman–Crippen MR) is 51.3 cm³/mol. The Labute approximate surface area is 77.0 Å². The highest BCUT2D eigenvalue weighted by molar-refractivity contribution is 8.02. The summed E-state index contributed by atoms with van der Waals surface area (Å²) in [6, 6.07) is 0. The molecule has 0 fully saturated rings. The van der Waals surface area contributed by atoms with Crippen LogP contribution in [0.1, 0.15) is 20.8 Å². The smallest absolute Gasteiger partial charge is 0.224 e. The number of hydrogen-bond acceptors (Lipinski definition) is 3. The van der Waals surface area contributed by atoms with Crippen molar-refractivity contribution in [2.24, 2.45) is 5.92 Å². The van der Waals surface area contributed by atoms with Gasteiger partial charge in [-0.15, -0.1) is 0 Å². The van der Waals surface area contributed by atoms with Gasteiger partial charge >= 0.3 is 0 Å². The standard InChI is InChI=1S/C8H14N2OS/c1-5(2)7(11)10-8-9-6(3)4-12-8/h4-5,8-9H,1-3H3,(H,10,11). The van der Waals surface area contributed by atoms with Gasteiger partial charge in [0.25, 0.3) is 0 Å². The first-order chi connectivity index (χ1) is 5.59. The Morgan fingerprint density at radius 3 is 2.83 bits per heavy atom. The van der Waals surface area contributed by atoms with E-state index in [1.165, 1.54) is 0 Å². The van der Waals surface area contributed by atoms with Crippen molar-refractivity contribution in [1.82, 2.24) is 10.6 Å². The second kappa shape index (κ2) is 3.85. The summed E-state index contributed by atoms with van der Waals surface area (Å²) < 4.78 is 0. The molecule has 0 spiro atoms. The number of thioether (sulfide) groups is 1. The summed E-state index contributed by atoms with van der Waals surface area (Å²) in [6.45, 7) is 5.75. The van der Waals surface area contributed by atoms with Gasteiger partial charge in [-0.25, -0.2) is 0 Å². The molecule has 3 nitrogen and oxygen atoms in total. The first-order valence-electron chi connectivity index (χ1n) is 3.98. The van der Waals surface area contributed by atoms with E-state index in [2.05, 4.69) is 10.6 Å². The van der Waals surface area contributed by atoms with Crippen LogP contribution in [-0.4, -0.2) is 11.4 Å². The number of nitrogens with one attached hydrogen (secondary N) is 2. The van der Waals surface area contributed by atoms with Gasteiger partial charge in [0.1, 0.15) is 0 Å². The van der Waals surface area contributed by atoms with Crippen molar-refractivity contribution in [3.05, 3.63) is 11.1 Å². The van der Waals surface area contributed by atoms with E-state index < -0.39 is 0 Å². The number of allylic oxidation sites excluding steroid dienone is 1. The molecule has 0 aromatic rings. The van der Waals surface area contributed by atoms with Crippen LogP contribution in [0.15, 0.2) is 11.1 Å². The van der Waals surface area contributed by atoms with Crippen molar-refractivity contribution in [2.75, 3.05) is 0 Å². The van der Waals surface area contributed by atoms with Crippen molar-refractivity contribution >= 4 is 17.7 Å². The highest BCUT2D eigenvalue weighted by atomic mass is 32.2. The zero-order valence-electron chi connectivity index (χ0n) is 7.55. The van der Waals surface area contributed by atoms with Crippen LogP contribution in [0.2, 0.25) is 0 Å². The molecule has 1 atom stereocenters. The second-order valence-corrected chi connectivity index (χ2v) is 4.10. The Hall–Kier alpha value is -0.640. The van der Waals surface area contributed by atoms with E-state index in [-0.39, 0.29) is 17.3 Å². The first kappa shape index (κ1) is 9.45. The van der Waals surface area contributed by atoms with Gasteiger partial charge in [-0.1, -0.05) is 25.6 Å². The molecular formula is C8H14N2OS. The Morgan fingerprint density at radius 1 is 1.75 bits per heavy atom. The third kappa shape index (κ3) is 2.44. The second-order valence-electron chi connectivity index (χ2n) is 3.12. The molecule has 0 saturated heterocycles. The molecule has 1 heterocycles. The monoisotopic (exact) mass is 186 g/mol. The predicted octanol–water partition coefficient (Wildman–Crippen LogP) is 1.24. The average Bonchev–Trinajstić information content (AvgIpc) is 2.35. The van der Waals surface area contributed by atoms with Gasteiger partial charge in [0.2, 0.25) is 5.91 Å². The lowest BCUT2D eigenvalue weighted by Gasteiger charge is -2.15. The minimum Gasteiger partial charge on any atom is -0.360 e. The SMILES string of the molecule is CC1=CSC(NC(=O)C(C)C)N1. The fourth-order valence-electron chi connectivity index (χ4n) is 0.811. The number of rotatable bonds is 2. The van der Waals surface area contributed by atoms with Gasteiger partial charge in [-0.2, -0.15) is 0 Å². The van der Waals surface area contributed by atoms with Gasteiger partial charge in [-0.05, 0) is 12.3 Å². The van der Waals surface area contributed by atoms with Crippen molar-refractivity contribution in [1.29, 1.82) is 0 Å². The zero-order chi connectivity index (χ0) is 9.14. The fraction of sp³-hybridized carbons (Fsp3) is 0.625. The molecule has 0 aliphatic carbocycles. The summed E-state index contributed by atoms with van der Waals surface area (Å²) >= 11 is 1.59. The Balaban J connectivity index is 2.30. The molecule has 2 N–H and O–H groups in total. The topological polar surface area (TPSA) is 41.1 Å². The van der Waals surface area contributed by atoms with Gasteiger partial charge in [0.15, 0.2) is 5.50 Å². The zero-order valence-corrected chi connectivity index (χ0v) is 8.37. The van der Waals surface area contributed by atoms with E-state index in [4.69, 9.17) is 0 Å². The minimum atomic E-state index is 0.0277. The summed E-state index contributed by atoms with van der Waals surface area (Å²) in [4.78, 5) is 11.2. The third-order valence-corrected chi connectivity index (χ3v) is 2.53. The maximum absolute atomic E-state index is 11.2. The molecule has 1 unspecified atom stereocenters. The van der Waals surface area contributed by atoms with Crippen LogP contribution in [0.3, 0.4) is 0 Å². The number of carbonyl (C=O) groups excluding carboxylic acids is 1. The average molecular weight is 186 g/mol. The van der Waals surface area contributed by atoms with E-state index in [1.54, 1.807) is 11.8 Å². The van der Waals surface area contributed by atoms with Gasteiger partial charge in [0.05, 0.1) is 0 Å². The lowest BCUT2D eigenvalue weighted by Crippen LogP contribution is -2.41. The fourth-order valence-corrected chi connectivity index (χ4v) is 1.66. The van der Waals surface area contributed by atoms with Crippen LogP contribution in [0.4, 0.5) is 0 Å². The molecule has 1 rings (SSSR count). The lowest BCUT2D eigenvalue weighted by molar-refractivity contribution is -0.124. The first-order valence-corrected chi connectivity index (χ1v) is 4.93. The van der Waals surface area contributed by atoms with Gasteiger partial charge < -0.3 is 10.6 Å². The summed E-state index contributed by atoms with van der Waals surface area (Å²) in [6.07, 6.45) is 0. The molecule has 0 radical (unpaired) electrons. The van der Waals surface area contributed by atoms with Crippen LogP contribution < -0.4 is 10.6 Å². The molecular weight excluding hydrogens is 172 g/mol. The van der Waals surface area contributed by atoms with Crippen molar-refractivity contribution in [3.8, 4) is 0 Å². The number of carbonyl (C=O) groups is 1. The number of amides is 1. The summed E-state index contributed by atoms with van der Waals surface area (Å²) in [5.41, 5.74) is 1.13. The highest BCUT2D eigenvalue weighted by Gasteiger charge is 2.17. The lowest BCUT2D eigenvalue weighted by atomic mass is 10.2. The minimum absolute atomic E-state index is 0.0277. The van der Waals surface area contributed by atoms with Crippen molar-refractivity contribution in [3.63, 3.8) is 0 Å². The third-order valence-electron chi connectivity index (χ3n) is 1.54. The van der Waals surface area contributed by atoms with Crippen LogP contribution in [-0.2, 0) is 4.79 Å². The Morgan fingerprint density at radius 2 is 2.42 bits per heavy atom. The van der Waals surface area contributed by atoms with E-state index >= 15 is 0 Å². The maximum atomic E-state index is 11.2. The van der Waals surface area contributed by atoms with E-state index in [9.17, 15) is 4.79 Å². The van der Waals surface area contributed by atoms with Crippen molar-refractivity contribution in [2.45, 2.75) is 26.3 Å². The summed E-state index contributed by atoms with van der Waals surface area (Å²) in [7, 11) is 0. The van der Waals surface area contributed by atoms with E-state index in [1.807, 2.05) is 26.2 Å². The van der Waals surface area contributed by atoms with Crippen molar-refractivity contribution < 1.29 is 4.79 Å². The van der Waals surface area contributed by atoms with Crippen LogP contribution in [0, 0.1) is 5.92 Å². The quantitative estimate of drug-likeness (QED) is 0.681. The number of hydrogen-bond donors (Lipinski definition) is 2. The van der Waals surface area contributed by atoms with E-state index in [0.29, 0.717) is 0 Å². The Kier molecular flexibility index (Phi) is 3.03. The highest BCUT2D eigenvalue weighted by Crippen LogP contribution is 2.18. The van der Waals surface area contributed by atoms with Crippen LogP contribution in [0.25, 0.3) is 0 Å². The largest absolute Gasteiger partial charge is 0.360 e. The molecule has 1 aliphatic heterocycles. The molecule has 12 heavy (non-hydrogen) atoms. The van der Waals surface area contributed by atoms with Gasteiger partial charge in [-0.3, -0.25) is 4.79 Å². The molecule has 1 amide bonds. The molecule has 0 bridgehead atoms. The van der Waals surface area contributed by atoms with Crippen LogP contribution in [0.5, 0.6) is 0 Å².